The molecule has 10 aromatic rings. The van der Waals surface area contributed by atoms with Crippen LogP contribution in [0.1, 0.15) is 22.3 Å². The summed E-state index contributed by atoms with van der Waals surface area (Å²) in [4.78, 5) is 7.00. The lowest BCUT2D eigenvalue weighted by atomic mass is 9.88. The van der Waals surface area contributed by atoms with Crippen molar-refractivity contribution >= 4 is 56.9 Å². The molecule has 10 rings (SSSR count). The van der Waals surface area contributed by atoms with E-state index in [1.54, 1.807) is 0 Å². The zero-order chi connectivity index (χ0) is 46.6. The Morgan fingerprint density at radius 1 is 0.235 bits per heavy atom. The van der Waals surface area contributed by atoms with Crippen LogP contribution in [0.3, 0.4) is 0 Å². The minimum Gasteiger partial charge on any atom is -0.399 e. The average molecular weight is 879 g/mol. The van der Waals surface area contributed by atoms with Crippen LogP contribution in [0.2, 0.25) is 0 Å². The number of benzene rings is 10. The quantitative estimate of drug-likeness (QED) is 0.124. The Kier molecular flexibility index (Phi) is 12.2. The van der Waals surface area contributed by atoms with Gasteiger partial charge in [-0.3, -0.25) is 0 Å². The highest BCUT2D eigenvalue weighted by Gasteiger charge is 2.21. The molecule has 0 atom stereocenters. The number of hydrogen-bond donors (Lipinski definition) is 1. The van der Waals surface area contributed by atoms with E-state index in [0.717, 1.165) is 84.6 Å². The molecule has 0 amide bonds. The minimum absolute atomic E-state index is 0.711. The summed E-state index contributed by atoms with van der Waals surface area (Å²) < 4.78 is 0. The van der Waals surface area contributed by atoms with E-state index in [9.17, 15) is 0 Å². The second kappa shape index (κ2) is 19.1. The summed E-state index contributed by atoms with van der Waals surface area (Å²) in [6, 6.07) is 87.1. The van der Waals surface area contributed by atoms with E-state index in [4.69, 9.17) is 5.73 Å². The van der Waals surface area contributed by atoms with Crippen LogP contribution in [-0.4, -0.2) is 0 Å². The molecular formula is C64H54N4. The standard InChI is InChI=1S/C64H54N4/c1-45-15-11-23-56(39-45)67(57-24-12-16-46(2)40-57)54-32-27-49(28-33-54)63-43-51(65)31-37-61(63)62-38-36-60(66(52-19-7-5-8-20-52)53-21-9-6-10-22-53)44-64(62)50-29-34-55(35-30-50)68(58-25-13-17-47(3)41-58)59-26-14-18-48(4)42-59/h5-44H,65H2,1-4H3. The maximum atomic E-state index is 6.68. The van der Waals surface area contributed by atoms with E-state index in [1.165, 1.54) is 22.3 Å². The van der Waals surface area contributed by atoms with Crippen molar-refractivity contribution < 1.29 is 0 Å². The summed E-state index contributed by atoms with van der Waals surface area (Å²) in [6.45, 7) is 8.58. The van der Waals surface area contributed by atoms with Crippen molar-refractivity contribution in [3.8, 4) is 33.4 Å². The smallest absolute Gasteiger partial charge is 0.0468 e. The summed E-state index contributed by atoms with van der Waals surface area (Å²) in [5.74, 6) is 0. The first-order valence-electron chi connectivity index (χ1n) is 23.3. The molecule has 0 aliphatic heterocycles. The number of anilines is 10. The maximum Gasteiger partial charge on any atom is 0.0468 e. The van der Waals surface area contributed by atoms with Crippen molar-refractivity contribution in [1.29, 1.82) is 0 Å². The van der Waals surface area contributed by atoms with Gasteiger partial charge in [0.1, 0.15) is 0 Å². The molecule has 68 heavy (non-hydrogen) atoms. The Balaban J connectivity index is 1.12. The van der Waals surface area contributed by atoms with E-state index < -0.39 is 0 Å². The zero-order valence-electron chi connectivity index (χ0n) is 39.0. The lowest BCUT2D eigenvalue weighted by Crippen LogP contribution is -2.10. The fourth-order valence-electron chi connectivity index (χ4n) is 9.32. The molecule has 0 fully saturated rings. The summed E-state index contributed by atoms with van der Waals surface area (Å²) in [7, 11) is 0. The van der Waals surface area contributed by atoms with Crippen LogP contribution in [0.15, 0.2) is 243 Å². The molecule has 0 aliphatic carbocycles. The van der Waals surface area contributed by atoms with Gasteiger partial charge in [-0.15, -0.1) is 0 Å². The van der Waals surface area contributed by atoms with Crippen molar-refractivity contribution in [3.05, 3.63) is 265 Å². The number of nitrogens with two attached hydrogens (primary N) is 1. The predicted octanol–water partition coefficient (Wildman–Crippen LogP) is 17.9. The number of para-hydroxylation sites is 2. The number of hydrogen-bond acceptors (Lipinski definition) is 4. The molecule has 0 bridgehead atoms. The van der Waals surface area contributed by atoms with Crippen LogP contribution in [0.4, 0.5) is 56.9 Å². The van der Waals surface area contributed by atoms with Gasteiger partial charge in [0.15, 0.2) is 0 Å². The molecule has 10 aromatic carbocycles. The highest BCUT2D eigenvalue weighted by atomic mass is 15.2. The van der Waals surface area contributed by atoms with Crippen LogP contribution in [-0.2, 0) is 0 Å². The summed E-state index contributed by atoms with van der Waals surface area (Å²) in [6.07, 6.45) is 0. The van der Waals surface area contributed by atoms with Gasteiger partial charge in [0, 0.05) is 56.9 Å². The van der Waals surface area contributed by atoms with Gasteiger partial charge in [0.25, 0.3) is 0 Å². The van der Waals surface area contributed by atoms with Crippen molar-refractivity contribution in [3.63, 3.8) is 0 Å². The van der Waals surface area contributed by atoms with Crippen molar-refractivity contribution in [1.82, 2.24) is 0 Å². The maximum absolute atomic E-state index is 6.68. The van der Waals surface area contributed by atoms with Crippen molar-refractivity contribution in [2.24, 2.45) is 0 Å². The second-order valence-corrected chi connectivity index (χ2v) is 17.7. The van der Waals surface area contributed by atoms with Crippen LogP contribution in [0.25, 0.3) is 33.4 Å². The molecule has 0 unspecified atom stereocenters. The minimum atomic E-state index is 0.711. The van der Waals surface area contributed by atoms with Gasteiger partial charge in [-0.05, 0) is 205 Å². The zero-order valence-corrected chi connectivity index (χ0v) is 39.0. The Morgan fingerprint density at radius 2 is 0.529 bits per heavy atom. The first-order chi connectivity index (χ1) is 33.3. The molecule has 2 N–H and O–H groups in total. The van der Waals surface area contributed by atoms with Crippen LogP contribution < -0.4 is 20.4 Å². The molecule has 0 radical (unpaired) electrons. The monoisotopic (exact) mass is 878 g/mol. The van der Waals surface area contributed by atoms with Gasteiger partial charge < -0.3 is 20.4 Å². The highest BCUT2D eigenvalue weighted by molar-refractivity contribution is 5.96. The fraction of sp³-hybridized carbons (Fsp3) is 0.0625. The summed E-state index contributed by atoms with van der Waals surface area (Å²) >= 11 is 0. The van der Waals surface area contributed by atoms with Gasteiger partial charge in [-0.1, -0.05) is 121 Å². The average Bonchev–Trinajstić information content (AvgIpc) is 3.36. The molecule has 330 valence electrons. The third kappa shape index (κ3) is 9.13. The molecule has 0 heterocycles. The van der Waals surface area contributed by atoms with Crippen LogP contribution in [0.5, 0.6) is 0 Å². The Labute approximate surface area is 401 Å². The van der Waals surface area contributed by atoms with E-state index in [0.29, 0.717) is 5.69 Å². The van der Waals surface area contributed by atoms with Crippen molar-refractivity contribution in [2.45, 2.75) is 27.7 Å². The number of nitrogen functional groups attached to an aromatic ring is 1. The SMILES string of the molecule is Cc1cccc(N(c2ccc(-c3cc(N)ccc3-c3ccc(N(c4ccccc4)c4ccccc4)cc3-c3ccc(N(c4cccc(C)c4)c4cccc(C)c4)cc3)cc2)c2cccc(C)c2)c1. The molecule has 4 heteroatoms. The van der Waals surface area contributed by atoms with Gasteiger partial charge in [0.05, 0.1) is 0 Å². The Morgan fingerprint density at radius 3 is 0.912 bits per heavy atom. The third-order valence-corrected chi connectivity index (χ3v) is 12.5. The number of rotatable bonds is 12. The van der Waals surface area contributed by atoms with E-state index in [1.807, 2.05) is 6.07 Å². The van der Waals surface area contributed by atoms with Crippen LogP contribution >= 0.6 is 0 Å². The molecular weight excluding hydrogens is 825 g/mol. The van der Waals surface area contributed by atoms with E-state index in [-0.39, 0.29) is 0 Å². The number of nitrogens with zero attached hydrogens (tertiary/aromatic N) is 3. The Bertz CT molecular complexity index is 3210. The normalized spacial score (nSPS) is 11.0. The number of aryl methyl sites for hydroxylation is 4. The topological polar surface area (TPSA) is 35.7 Å². The lowest BCUT2D eigenvalue weighted by molar-refractivity contribution is 1.26. The fourth-order valence-corrected chi connectivity index (χ4v) is 9.32. The van der Waals surface area contributed by atoms with Crippen LogP contribution in [0, 0.1) is 27.7 Å². The second-order valence-electron chi connectivity index (χ2n) is 17.7. The van der Waals surface area contributed by atoms with Crippen molar-refractivity contribution in [2.75, 3.05) is 20.4 Å². The summed E-state index contributed by atoms with van der Waals surface area (Å²) in [5.41, 5.74) is 28.6. The largest absolute Gasteiger partial charge is 0.399 e. The molecule has 0 aliphatic rings. The van der Waals surface area contributed by atoms with E-state index >= 15 is 0 Å². The van der Waals surface area contributed by atoms with Gasteiger partial charge >= 0.3 is 0 Å². The Hall–Kier alpha value is -8.60. The highest BCUT2D eigenvalue weighted by Crippen LogP contribution is 2.45. The van der Waals surface area contributed by atoms with E-state index in [2.05, 4.69) is 279 Å². The summed E-state index contributed by atoms with van der Waals surface area (Å²) in [5, 5.41) is 0. The molecule has 0 saturated heterocycles. The molecule has 4 nitrogen and oxygen atoms in total. The van der Waals surface area contributed by atoms with Gasteiger partial charge in [-0.2, -0.15) is 0 Å². The first-order valence-corrected chi connectivity index (χ1v) is 23.3. The molecule has 0 aromatic heterocycles. The first kappa shape index (κ1) is 43.3. The lowest BCUT2D eigenvalue weighted by Gasteiger charge is -2.28. The van der Waals surface area contributed by atoms with Gasteiger partial charge in [0.2, 0.25) is 0 Å². The predicted molar refractivity (Wildman–Crippen MR) is 290 cm³/mol. The molecule has 0 saturated carbocycles. The van der Waals surface area contributed by atoms with Gasteiger partial charge in [-0.25, -0.2) is 0 Å². The molecule has 0 spiro atoms. The third-order valence-electron chi connectivity index (χ3n) is 12.5.